The summed E-state index contributed by atoms with van der Waals surface area (Å²) in [6.07, 6.45) is 17.8. The fraction of sp³-hybridized carbons (Fsp3) is 0.778. The van der Waals surface area contributed by atoms with Gasteiger partial charge in [0.2, 0.25) is 0 Å². The molecule has 0 aromatic heterocycles. The fourth-order valence-corrected chi connectivity index (χ4v) is 3.93. The molecule has 0 atom stereocenters. The molecule has 1 aromatic carbocycles. The van der Waals surface area contributed by atoms with Crippen molar-refractivity contribution in [3.05, 3.63) is 23.8 Å². The number of alkyl halides is 2. The van der Waals surface area contributed by atoms with E-state index in [1.54, 1.807) is 0 Å². The molecule has 31 heavy (non-hydrogen) atoms. The first-order valence-electron chi connectivity index (χ1n) is 12.9. The normalized spacial score (nSPS) is 11.3. The molecule has 0 aliphatic carbocycles. The highest BCUT2D eigenvalue weighted by molar-refractivity contribution is 5.51. The molecule has 0 saturated carbocycles. The van der Waals surface area contributed by atoms with Crippen molar-refractivity contribution < 1.29 is 13.5 Å². The minimum atomic E-state index is -2.44. The molecule has 0 bridgehead atoms. The number of benzene rings is 1. The van der Waals surface area contributed by atoms with E-state index in [4.69, 9.17) is 4.74 Å². The average molecular weight is 440 g/mol. The highest BCUT2D eigenvalue weighted by Gasteiger charge is 2.07. The van der Waals surface area contributed by atoms with E-state index in [0.717, 1.165) is 31.5 Å². The van der Waals surface area contributed by atoms with Crippen LogP contribution in [0.25, 0.3) is 0 Å². The molecule has 1 aromatic rings. The minimum Gasteiger partial charge on any atom is -0.488 e. The van der Waals surface area contributed by atoms with E-state index in [2.05, 4.69) is 25.2 Å². The molecule has 0 heterocycles. The van der Waals surface area contributed by atoms with Crippen LogP contribution in [0.15, 0.2) is 18.2 Å². The molecule has 0 amide bonds. The third-order valence-corrected chi connectivity index (χ3v) is 5.77. The summed E-state index contributed by atoms with van der Waals surface area (Å²) >= 11 is 0. The Morgan fingerprint density at radius 1 is 0.710 bits per heavy atom. The second-order valence-corrected chi connectivity index (χ2v) is 8.84. The first-order chi connectivity index (χ1) is 15.2. The second-order valence-electron chi connectivity index (χ2n) is 8.84. The van der Waals surface area contributed by atoms with Crippen molar-refractivity contribution >= 4 is 5.69 Å². The Labute approximate surface area is 190 Å². The van der Waals surface area contributed by atoms with Crippen LogP contribution in [0.4, 0.5) is 14.5 Å². The number of unbranched alkanes of at least 4 members (excludes halogenated alkanes) is 13. The van der Waals surface area contributed by atoms with Crippen LogP contribution in [-0.2, 0) is 6.42 Å². The molecule has 0 spiro atoms. The maximum Gasteiger partial charge on any atom is 0.272 e. The van der Waals surface area contributed by atoms with Crippen molar-refractivity contribution in [3.63, 3.8) is 0 Å². The Morgan fingerprint density at radius 3 is 1.84 bits per heavy atom. The van der Waals surface area contributed by atoms with Crippen molar-refractivity contribution in [3.8, 4) is 5.75 Å². The summed E-state index contributed by atoms with van der Waals surface area (Å²) in [5, 5.41) is 3.48. The van der Waals surface area contributed by atoms with E-state index in [9.17, 15) is 8.78 Å². The van der Waals surface area contributed by atoms with E-state index in [-0.39, 0.29) is 0 Å². The molecule has 0 aliphatic rings. The smallest absolute Gasteiger partial charge is 0.272 e. The Bertz CT molecular complexity index is 536. The summed E-state index contributed by atoms with van der Waals surface area (Å²) in [6, 6.07) is 5.96. The number of rotatable bonds is 21. The number of ether oxygens (including phenoxy) is 1. The monoisotopic (exact) mass is 439 g/mol. The van der Waals surface area contributed by atoms with Crippen molar-refractivity contribution in [2.24, 2.45) is 0 Å². The molecule has 1 rings (SSSR count). The Morgan fingerprint density at radius 2 is 1.26 bits per heavy atom. The highest BCUT2D eigenvalue weighted by Crippen LogP contribution is 2.24. The topological polar surface area (TPSA) is 21.3 Å². The van der Waals surface area contributed by atoms with Crippen molar-refractivity contribution in [1.29, 1.82) is 0 Å². The molecular formula is C27H47F2NO. The van der Waals surface area contributed by atoms with Gasteiger partial charge >= 0.3 is 0 Å². The molecular weight excluding hydrogens is 392 g/mol. The largest absolute Gasteiger partial charge is 0.488 e. The second kappa shape index (κ2) is 19.4. The van der Waals surface area contributed by atoms with Crippen molar-refractivity contribution in [2.75, 3.05) is 18.5 Å². The first-order valence-corrected chi connectivity index (χ1v) is 12.9. The Kier molecular flexibility index (Phi) is 17.3. The zero-order valence-corrected chi connectivity index (χ0v) is 20.2. The van der Waals surface area contributed by atoms with Gasteiger partial charge in [0, 0.05) is 18.3 Å². The van der Waals surface area contributed by atoms with Gasteiger partial charge in [-0.25, -0.2) is 8.78 Å². The number of anilines is 1. The predicted molar refractivity (Wildman–Crippen MR) is 131 cm³/mol. The fourth-order valence-electron chi connectivity index (χ4n) is 3.93. The van der Waals surface area contributed by atoms with Crippen LogP contribution in [0.2, 0.25) is 0 Å². The summed E-state index contributed by atoms with van der Waals surface area (Å²) in [6.45, 7) is 4.87. The molecule has 0 aliphatic heterocycles. The third-order valence-electron chi connectivity index (χ3n) is 5.77. The molecule has 0 saturated heterocycles. The summed E-state index contributed by atoms with van der Waals surface area (Å²) in [5.74, 6) is 0.555. The molecule has 180 valence electrons. The summed E-state index contributed by atoms with van der Waals surface area (Å²) in [5.41, 5.74) is 2.17. The minimum absolute atomic E-state index is 0.543. The highest BCUT2D eigenvalue weighted by atomic mass is 19.3. The summed E-state index contributed by atoms with van der Waals surface area (Å²) in [7, 11) is 0. The van der Waals surface area contributed by atoms with Crippen LogP contribution in [0.5, 0.6) is 5.75 Å². The van der Waals surface area contributed by atoms with Crippen LogP contribution in [0.3, 0.4) is 0 Å². The standard InChI is InChI=1S/C27H47F2NO/c1-3-5-7-9-11-13-15-17-19-30-25-20-24(18-16-14-12-10-8-6-4-2)21-26(22-25)31-23-27(28)29/h20-22,27,30H,3-19,23H2,1-2H3. The quantitative estimate of drug-likeness (QED) is 0.193. The van der Waals surface area contributed by atoms with Gasteiger partial charge in [-0.05, 0) is 37.0 Å². The lowest BCUT2D eigenvalue weighted by atomic mass is 10.0. The summed E-state index contributed by atoms with van der Waals surface area (Å²) < 4.78 is 30.5. The molecule has 0 fully saturated rings. The molecule has 4 heteroatoms. The SMILES string of the molecule is CCCCCCCCCCNc1cc(CCCCCCCCC)cc(OCC(F)F)c1. The number of nitrogens with one attached hydrogen (secondary N) is 1. The average Bonchev–Trinajstić information content (AvgIpc) is 2.76. The van der Waals surface area contributed by atoms with Gasteiger partial charge in [0.25, 0.3) is 6.43 Å². The van der Waals surface area contributed by atoms with Crippen molar-refractivity contribution in [2.45, 2.75) is 123 Å². The molecule has 0 unspecified atom stereocenters. The van der Waals surface area contributed by atoms with Crippen LogP contribution < -0.4 is 10.1 Å². The van der Waals surface area contributed by atoms with Gasteiger partial charge in [-0.15, -0.1) is 0 Å². The third kappa shape index (κ3) is 16.0. The van der Waals surface area contributed by atoms with E-state index in [1.807, 2.05) is 12.1 Å². The zero-order valence-electron chi connectivity index (χ0n) is 20.2. The van der Waals surface area contributed by atoms with Gasteiger partial charge in [0.1, 0.15) is 12.4 Å². The lowest BCUT2D eigenvalue weighted by Crippen LogP contribution is -2.08. The number of aryl methyl sites for hydroxylation is 1. The first kappa shape index (κ1) is 27.7. The maximum absolute atomic E-state index is 12.6. The van der Waals surface area contributed by atoms with Gasteiger partial charge in [0.15, 0.2) is 0 Å². The van der Waals surface area contributed by atoms with Gasteiger partial charge in [0.05, 0.1) is 0 Å². The summed E-state index contributed by atoms with van der Waals surface area (Å²) in [4.78, 5) is 0. The van der Waals surface area contributed by atoms with Gasteiger partial charge in [-0.3, -0.25) is 0 Å². The lowest BCUT2D eigenvalue weighted by Gasteiger charge is -2.13. The lowest BCUT2D eigenvalue weighted by molar-refractivity contribution is 0.0819. The molecule has 0 radical (unpaired) electrons. The number of hydrogen-bond donors (Lipinski definition) is 1. The predicted octanol–water partition coefficient (Wildman–Crippen LogP) is 9.18. The van der Waals surface area contributed by atoms with E-state index >= 15 is 0 Å². The number of halogens is 2. The molecule has 1 N–H and O–H groups in total. The van der Waals surface area contributed by atoms with E-state index in [0.29, 0.717) is 5.75 Å². The Hall–Kier alpha value is -1.32. The van der Waals surface area contributed by atoms with Crippen LogP contribution in [0.1, 0.15) is 116 Å². The number of hydrogen-bond acceptors (Lipinski definition) is 2. The zero-order chi connectivity index (χ0) is 22.6. The Balaban J connectivity index is 2.38. The van der Waals surface area contributed by atoms with Gasteiger partial charge in [-0.1, -0.05) is 97.3 Å². The van der Waals surface area contributed by atoms with Gasteiger partial charge < -0.3 is 10.1 Å². The maximum atomic E-state index is 12.6. The van der Waals surface area contributed by atoms with Crippen LogP contribution in [0, 0.1) is 0 Å². The van der Waals surface area contributed by atoms with Crippen LogP contribution >= 0.6 is 0 Å². The van der Waals surface area contributed by atoms with E-state index in [1.165, 1.54) is 89.0 Å². The van der Waals surface area contributed by atoms with Crippen LogP contribution in [-0.4, -0.2) is 19.6 Å². The van der Waals surface area contributed by atoms with Gasteiger partial charge in [-0.2, -0.15) is 0 Å². The van der Waals surface area contributed by atoms with Crippen molar-refractivity contribution in [1.82, 2.24) is 0 Å². The molecule has 2 nitrogen and oxygen atoms in total. The van der Waals surface area contributed by atoms with E-state index < -0.39 is 13.0 Å².